The van der Waals surface area contributed by atoms with Crippen molar-refractivity contribution >= 4 is 5.97 Å². The summed E-state index contributed by atoms with van der Waals surface area (Å²) in [4.78, 5) is 12.9. The van der Waals surface area contributed by atoms with E-state index in [1.54, 1.807) is 0 Å². The van der Waals surface area contributed by atoms with E-state index in [9.17, 15) is 4.79 Å². The highest BCUT2D eigenvalue weighted by molar-refractivity contribution is 5.85. The standard InChI is InChI=1S/C10H16N4O3/c1-13-2-4-14(5-3-13)11-7-8-6-9(10(15)16)12-17-8/h6,11H,2-5,7H2,1H3,(H,15,16). The van der Waals surface area contributed by atoms with Crippen molar-refractivity contribution in [2.45, 2.75) is 6.54 Å². The van der Waals surface area contributed by atoms with E-state index in [1.807, 2.05) is 0 Å². The van der Waals surface area contributed by atoms with Crippen molar-refractivity contribution in [1.82, 2.24) is 20.5 Å². The summed E-state index contributed by atoms with van der Waals surface area (Å²) in [5.41, 5.74) is 3.14. The number of aromatic nitrogens is 1. The van der Waals surface area contributed by atoms with E-state index in [2.05, 4.69) is 27.5 Å². The van der Waals surface area contributed by atoms with E-state index in [0.717, 1.165) is 26.2 Å². The Morgan fingerprint density at radius 1 is 1.53 bits per heavy atom. The Hall–Kier alpha value is -1.44. The molecule has 94 valence electrons. The third-order valence-corrected chi connectivity index (χ3v) is 2.76. The molecule has 0 atom stereocenters. The molecule has 1 aromatic rings. The first-order chi connectivity index (χ1) is 8.15. The number of nitrogens with zero attached hydrogens (tertiary/aromatic N) is 3. The number of hydrogen-bond donors (Lipinski definition) is 2. The molecule has 17 heavy (non-hydrogen) atoms. The van der Waals surface area contributed by atoms with Gasteiger partial charge >= 0.3 is 5.97 Å². The maximum Gasteiger partial charge on any atom is 0.358 e. The first kappa shape index (κ1) is 12.0. The number of nitrogens with one attached hydrogen (secondary N) is 1. The van der Waals surface area contributed by atoms with Crippen LogP contribution in [0.5, 0.6) is 0 Å². The molecule has 2 heterocycles. The third-order valence-electron chi connectivity index (χ3n) is 2.76. The van der Waals surface area contributed by atoms with Gasteiger partial charge in [0.2, 0.25) is 0 Å². The second-order valence-corrected chi connectivity index (χ2v) is 4.11. The Bertz CT molecular complexity index is 385. The predicted octanol–water partition coefficient (Wildman–Crippen LogP) is -0.375. The van der Waals surface area contributed by atoms with Gasteiger partial charge in [-0.15, -0.1) is 0 Å². The molecule has 2 N–H and O–H groups in total. The van der Waals surface area contributed by atoms with Crippen molar-refractivity contribution in [2.75, 3.05) is 33.2 Å². The molecule has 0 amide bonds. The van der Waals surface area contributed by atoms with Crippen molar-refractivity contribution in [3.05, 3.63) is 17.5 Å². The van der Waals surface area contributed by atoms with E-state index >= 15 is 0 Å². The van der Waals surface area contributed by atoms with Crippen LogP contribution in [0.25, 0.3) is 0 Å². The Morgan fingerprint density at radius 2 is 2.24 bits per heavy atom. The van der Waals surface area contributed by atoms with Gasteiger partial charge < -0.3 is 14.5 Å². The Kier molecular flexibility index (Phi) is 3.72. The lowest BCUT2D eigenvalue weighted by molar-refractivity contribution is 0.0685. The zero-order chi connectivity index (χ0) is 12.3. The fraction of sp³-hybridized carbons (Fsp3) is 0.600. The zero-order valence-corrected chi connectivity index (χ0v) is 9.72. The highest BCUT2D eigenvalue weighted by Gasteiger charge is 2.15. The summed E-state index contributed by atoms with van der Waals surface area (Å²) >= 11 is 0. The number of likely N-dealkylation sites (N-methyl/N-ethyl adjacent to an activating group) is 1. The fourth-order valence-corrected chi connectivity index (χ4v) is 1.65. The number of hydrogen-bond acceptors (Lipinski definition) is 6. The molecule has 1 fully saturated rings. The van der Waals surface area contributed by atoms with Gasteiger partial charge in [-0.25, -0.2) is 15.2 Å². The molecule has 0 radical (unpaired) electrons. The van der Waals surface area contributed by atoms with Crippen LogP contribution in [0.1, 0.15) is 16.2 Å². The summed E-state index contributed by atoms with van der Waals surface area (Å²) in [6, 6.07) is 1.44. The van der Waals surface area contributed by atoms with E-state index < -0.39 is 5.97 Å². The van der Waals surface area contributed by atoms with Crippen LogP contribution in [0, 0.1) is 0 Å². The van der Waals surface area contributed by atoms with Crippen molar-refractivity contribution in [3.8, 4) is 0 Å². The number of hydrazine groups is 1. The van der Waals surface area contributed by atoms with E-state index in [4.69, 9.17) is 9.63 Å². The van der Waals surface area contributed by atoms with Gasteiger partial charge in [-0.2, -0.15) is 0 Å². The smallest absolute Gasteiger partial charge is 0.358 e. The van der Waals surface area contributed by atoms with Crippen LogP contribution in [0.3, 0.4) is 0 Å². The molecule has 1 saturated heterocycles. The summed E-state index contributed by atoms with van der Waals surface area (Å²) in [6.07, 6.45) is 0. The lowest BCUT2D eigenvalue weighted by Crippen LogP contribution is -2.50. The van der Waals surface area contributed by atoms with Crippen LogP contribution < -0.4 is 5.43 Å². The Balaban J connectivity index is 1.79. The lowest BCUT2D eigenvalue weighted by atomic mass is 10.3. The highest BCUT2D eigenvalue weighted by Crippen LogP contribution is 2.04. The van der Waals surface area contributed by atoms with E-state index in [-0.39, 0.29) is 5.69 Å². The maximum absolute atomic E-state index is 10.6. The molecule has 2 rings (SSSR count). The Morgan fingerprint density at radius 3 is 2.82 bits per heavy atom. The molecule has 7 nitrogen and oxygen atoms in total. The summed E-state index contributed by atoms with van der Waals surface area (Å²) in [5.74, 6) is -0.541. The SMILES string of the molecule is CN1CCN(NCc2cc(C(=O)O)no2)CC1. The zero-order valence-electron chi connectivity index (χ0n) is 9.72. The summed E-state index contributed by atoms with van der Waals surface area (Å²) in [7, 11) is 2.09. The molecule has 0 aromatic carbocycles. The minimum absolute atomic E-state index is 0.0554. The molecule has 0 spiro atoms. The van der Waals surface area contributed by atoms with Gasteiger partial charge in [-0.3, -0.25) is 0 Å². The van der Waals surface area contributed by atoms with Crippen LogP contribution in [-0.2, 0) is 6.54 Å². The maximum atomic E-state index is 10.6. The van der Waals surface area contributed by atoms with E-state index in [1.165, 1.54) is 6.07 Å². The number of piperazine rings is 1. The largest absolute Gasteiger partial charge is 0.476 e. The minimum Gasteiger partial charge on any atom is -0.476 e. The molecule has 0 saturated carbocycles. The van der Waals surface area contributed by atoms with Gasteiger partial charge in [-0.1, -0.05) is 5.16 Å². The van der Waals surface area contributed by atoms with E-state index in [0.29, 0.717) is 12.3 Å². The number of carboxylic acid groups (broad SMARTS) is 1. The molecular weight excluding hydrogens is 224 g/mol. The second-order valence-electron chi connectivity index (χ2n) is 4.11. The number of carboxylic acids is 1. The minimum atomic E-state index is -1.07. The summed E-state index contributed by atoms with van der Waals surface area (Å²) in [6.45, 7) is 4.38. The molecule has 1 aliphatic rings. The van der Waals surface area contributed by atoms with Gasteiger partial charge in [0.15, 0.2) is 11.5 Å². The summed E-state index contributed by atoms with van der Waals surface area (Å²) in [5, 5.41) is 14.2. The first-order valence-corrected chi connectivity index (χ1v) is 5.51. The highest BCUT2D eigenvalue weighted by atomic mass is 16.5. The molecule has 1 aliphatic heterocycles. The Labute approximate surface area is 98.9 Å². The van der Waals surface area contributed by atoms with Crippen LogP contribution in [0.2, 0.25) is 0 Å². The number of carbonyl (C=O) groups is 1. The molecule has 0 aliphatic carbocycles. The summed E-state index contributed by atoms with van der Waals surface area (Å²) < 4.78 is 4.91. The van der Waals surface area contributed by atoms with Gasteiger partial charge in [0.05, 0.1) is 6.54 Å². The second kappa shape index (κ2) is 5.26. The average molecular weight is 240 g/mol. The normalized spacial score (nSPS) is 18.4. The van der Waals surface area contributed by atoms with Crippen LogP contribution in [0.4, 0.5) is 0 Å². The van der Waals surface area contributed by atoms with Crippen molar-refractivity contribution < 1.29 is 14.4 Å². The topological polar surface area (TPSA) is 81.8 Å². The molecule has 0 unspecified atom stereocenters. The van der Waals surface area contributed by atoms with Gasteiger partial charge in [0.25, 0.3) is 0 Å². The quantitative estimate of drug-likeness (QED) is 0.742. The van der Waals surface area contributed by atoms with Crippen LogP contribution >= 0.6 is 0 Å². The predicted molar refractivity (Wildman–Crippen MR) is 59.4 cm³/mol. The monoisotopic (exact) mass is 240 g/mol. The molecule has 7 heteroatoms. The molecular formula is C10H16N4O3. The van der Waals surface area contributed by atoms with Crippen molar-refractivity contribution in [1.29, 1.82) is 0 Å². The van der Waals surface area contributed by atoms with Gasteiger partial charge in [0.1, 0.15) is 0 Å². The lowest BCUT2D eigenvalue weighted by Gasteiger charge is -2.32. The first-order valence-electron chi connectivity index (χ1n) is 5.51. The van der Waals surface area contributed by atoms with Gasteiger partial charge in [-0.05, 0) is 7.05 Å². The number of aromatic carboxylic acids is 1. The number of rotatable bonds is 4. The van der Waals surface area contributed by atoms with Crippen LogP contribution in [-0.4, -0.2) is 59.4 Å². The van der Waals surface area contributed by atoms with Crippen molar-refractivity contribution in [3.63, 3.8) is 0 Å². The molecule has 1 aromatic heterocycles. The van der Waals surface area contributed by atoms with Gasteiger partial charge in [0, 0.05) is 32.2 Å². The van der Waals surface area contributed by atoms with Crippen LogP contribution in [0.15, 0.2) is 10.6 Å². The fourth-order valence-electron chi connectivity index (χ4n) is 1.65. The molecule has 0 bridgehead atoms. The van der Waals surface area contributed by atoms with Crippen molar-refractivity contribution in [2.24, 2.45) is 0 Å². The third kappa shape index (κ3) is 3.26. The average Bonchev–Trinajstić information content (AvgIpc) is 2.77.